The van der Waals surface area contributed by atoms with Crippen molar-refractivity contribution < 1.29 is 14.3 Å². The number of carbonyl (C=O) groups is 1. The molecule has 1 aromatic heterocycles. The first kappa shape index (κ1) is 13.0. The van der Waals surface area contributed by atoms with Gasteiger partial charge in [0.1, 0.15) is 12.0 Å². The van der Waals surface area contributed by atoms with Crippen LogP contribution >= 0.6 is 0 Å². The van der Waals surface area contributed by atoms with Crippen LogP contribution in [-0.2, 0) is 9.53 Å². The smallest absolute Gasteiger partial charge is 0.241 e. The molecule has 17 heavy (non-hydrogen) atoms. The van der Waals surface area contributed by atoms with Crippen LogP contribution in [0.15, 0.2) is 12.6 Å². The summed E-state index contributed by atoms with van der Waals surface area (Å²) < 4.78 is 10.1. The van der Waals surface area contributed by atoms with Crippen molar-refractivity contribution in [1.29, 1.82) is 0 Å². The first-order valence-corrected chi connectivity index (χ1v) is 5.13. The summed E-state index contributed by atoms with van der Waals surface area (Å²) in [6.07, 6.45) is 4.50. The van der Waals surface area contributed by atoms with Gasteiger partial charge in [-0.1, -0.05) is 0 Å². The van der Waals surface area contributed by atoms with Crippen molar-refractivity contribution in [2.75, 3.05) is 19.0 Å². The Morgan fingerprint density at radius 3 is 2.88 bits per heavy atom. The van der Waals surface area contributed by atoms with E-state index in [-0.39, 0.29) is 5.91 Å². The Morgan fingerprint density at radius 1 is 1.53 bits per heavy atom. The van der Waals surface area contributed by atoms with E-state index in [4.69, 9.17) is 9.47 Å². The molecule has 6 heteroatoms. The van der Waals surface area contributed by atoms with Gasteiger partial charge in [0.05, 0.1) is 25.7 Å². The van der Waals surface area contributed by atoms with E-state index < -0.39 is 0 Å². The van der Waals surface area contributed by atoms with Crippen LogP contribution in [0.25, 0.3) is 6.08 Å². The highest BCUT2D eigenvalue weighted by Gasteiger charge is 2.11. The van der Waals surface area contributed by atoms with Gasteiger partial charge in [0, 0.05) is 13.0 Å². The van der Waals surface area contributed by atoms with Gasteiger partial charge in [-0.2, -0.15) is 4.98 Å². The summed E-state index contributed by atoms with van der Waals surface area (Å²) in [5.41, 5.74) is 0.957. The Kier molecular flexibility index (Phi) is 4.93. The fourth-order valence-corrected chi connectivity index (χ4v) is 1.17. The molecule has 6 nitrogen and oxygen atoms in total. The molecule has 0 aliphatic rings. The van der Waals surface area contributed by atoms with Crippen molar-refractivity contribution in [3.8, 4) is 5.88 Å². The zero-order chi connectivity index (χ0) is 12.7. The van der Waals surface area contributed by atoms with Gasteiger partial charge in [0.15, 0.2) is 0 Å². The van der Waals surface area contributed by atoms with Crippen molar-refractivity contribution in [3.63, 3.8) is 0 Å². The third-order valence-corrected chi connectivity index (χ3v) is 1.82. The molecule has 0 atom stereocenters. The number of hydrogen-bond donors (Lipinski definition) is 1. The van der Waals surface area contributed by atoms with Crippen molar-refractivity contribution in [2.24, 2.45) is 0 Å². The van der Waals surface area contributed by atoms with Crippen molar-refractivity contribution in [2.45, 2.75) is 13.8 Å². The van der Waals surface area contributed by atoms with Gasteiger partial charge >= 0.3 is 0 Å². The highest BCUT2D eigenvalue weighted by Crippen LogP contribution is 2.24. The first-order chi connectivity index (χ1) is 8.19. The van der Waals surface area contributed by atoms with Crippen LogP contribution in [0.5, 0.6) is 5.88 Å². The Morgan fingerprint density at radius 2 is 2.29 bits per heavy atom. The van der Waals surface area contributed by atoms with Gasteiger partial charge < -0.3 is 14.8 Å². The number of anilines is 1. The lowest BCUT2D eigenvalue weighted by Gasteiger charge is -2.09. The molecular weight excluding hydrogens is 222 g/mol. The average Bonchev–Trinajstić information content (AvgIpc) is 2.30. The van der Waals surface area contributed by atoms with Crippen molar-refractivity contribution >= 4 is 17.7 Å². The minimum Gasteiger partial charge on any atom is -0.501 e. The zero-order valence-electron chi connectivity index (χ0n) is 10.1. The number of ether oxygens (including phenoxy) is 2. The largest absolute Gasteiger partial charge is 0.501 e. The number of amides is 1. The third kappa shape index (κ3) is 3.75. The molecule has 1 N–H and O–H groups in total. The van der Waals surface area contributed by atoms with E-state index >= 15 is 0 Å². The molecule has 0 aliphatic carbocycles. The second-order valence-electron chi connectivity index (χ2n) is 3.08. The summed E-state index contributed by atoms with van der Waals surface area (Å²) in [5.74, 6) is 0.0931. The molecule has 0 bridgehead atoms. The Bertz CT molecular complexity index is 418. The van der Waals surface area contributed by atoms with Gasteiger partial charge in [-0.3, -0.25) is 4.79 Å². The minimum absolute atomic E-state index is 0.218. The number of nitrogens with one attached hydrogen (secondary N) is 1. The van der Waals surface area contributed by atoms with Crippen LogP contribution in [0.2, 0.25) is 0 Å². The van der Waals surface area contributed by atoms with E-state index in [1.165, 1.54) is 26.6 Å². The van der Waals surface area contributed by atoms with Gasteiger partial charge in [0.25, 0.3) is 0 Å². The maximum absolute atomic E-state index is 11.1. The molecule has 1 rings (SSSR count). The summed E-state index contributed by atoms with van der Waals surface area (Å²) in [6.45, 7) is 3.84. The van der Waals surface area contributed by atoms with Crippen LogP contribution in [-0.4, -0.2) is 29.6 Å². The predicted molar refractivity (Wildman–Crippen MR) is 63.5 cm³/mol. The number of rotatable bonds is 5. The third-order valence-electron chi connectivity index (χ3n) is 1.82. The summed E-state index contributed by atoms with van der Waals surface area (Å²) in [7, 11) is 1.48. The summed E-state index contributed by atoms with van der Waals surface area (Å²) in [5, 5.41) is 2.62. The lowest BCUT2D eigenvalue weighted by molar-refractivity contribution is -0.114. The maximum atomic E-state index is 11.1. The normalized spacial score (nSPS) is 10.3. The van der Waals surface area contributed by atoms with Crippen molar-refractivity contribution in [3.05, 3.63) is 18.3 Å². The lowest BCUT2D eigenvalue weighted by Crippen LogP contribution is -2.10. The molecule has 0 aliphatic heterocycles. The second kappa shape index (κ2) is 6.47. The summed E-state index contributed by atoms with van der Waals surface area (Å²) in [6, 6.07) is 0. The van der Waals surface area contributed by atoms with Crippen LogP contribution < -0.4 is 10.1 Å². The molecule has 0 saturated carbocycles. The highest BCUT2D eigenvalue weighted by molar-refractivity contribution is 5.92. The SMILES string of the molecule is CCO/C=C/c1ncnc(OC)c1NC(C)=O. The van der Waals surface area contributed by atoms with E-state index in [9.17, 15) is 4.79 Å². The number of aromatic nitrogens is 2. The number of methoxy groups -OCH3 is 1. The molecule has 0 saturated heterocycles. The number of nitrogens with zero attached hydrogens (tertiary/aromatic N) is 2. The van der Waals surface area contributed by atoms with E-state index in [2.05, 4.69) is 15.3 Å². The molecule has 1 heterocycles. The predicted octanol–water partition coefficient (Wildman–Crippen LogP) is 1.45. The van der Waals surface area contributed by atoms with Gasteiger partial charge in [-0.15, -0.1) is 0 Å². The van der Waals surface area contributed by atoms with E-state index in [0.29, 0.717) is 23.9 Å². The monoisotopic (exact) mass is 237 g/mol. The fourth-order valence-electron chi connectivity index (χ4n) is 1.17. The van der Waals surface area contributed by atoms with Crippen LogP contribution in [0, 0.1) is 0 Å². The zero-order valence-corrected chi connectivity index (χ0v) is 10.1. The Balaban J connectivity index is 3.05. The number of hydrogen-bond acceptors (Lipinski definition) is 5. The molecule has 0 unspecified atom stereocenters. The Hall–Kier alpha value is -2.11. The molecule has 1 aromatic rings. The first-order valence-electron chi connectivity index (χ1n) is 5.13. The molecule has 0 fully saturated rings. The summed E-state index contributed by atoms with van der Waals surface area (Å²) in [4.78, 5) is 19.0. The minimum atomic E-state index is -0.218. The average molecular weight is 237 g/mol. The fraction of sp³-hybridized carbons (Fsp3) is 0.364. The van der Waals surface area contributed by atoms with Crippen molar-refractivity contribution in [1.82, 2.24) is 9.97 Å². The second-order valence-corrected chi connectivity index (χ2v) is 3.08. The maximum Gasteiger partial charge on any atom is 0.241 e. The van der Waals surface area contributed by atoms with Gasteiger partial charge in [-0.05, 0) is 6.92 Å². The standard InChI is InChI=1S/C11H15N3O3/c1-4-17-6-5-9-10(14-8(2)15)11(16-3)13-7-12-9/h5-7H,4H2,1-3H3,(H,14,15)/b6-5+. The van der Waals surface area contributed by atoms with Crippen LogP contribution in [0.1, 0.15) is 19.5 Å². The van der Waals surface area contributed by atoms with Gasteiger partial charge in [0.2, 0.25) is 11.8 Å². The number of carbonyl (C=O) groups excluding carboxylic acids is 1. The lowest BCUT2D eigenvalue weighted by atomic mass is 10.3. The van der Waals surface area contributed by atoms with E-state index in [1.807, 2.05) is 6.92 Å². The molecule has 1 amide bonds. The Labute approximate surface area is 99.7 Å². The van der Waals surface area contributed by atoms with Gasteiger partial charge in [-0.25, -0.2) is 4.98 Å². The molecule has 0 aromatic carbocycles. The van der Waals surface area contributed by atoms with E-state index in [0.717, 1.165) is 0 Å². The van der Waals surface area contributed by atoms with Crippen LogP contribution in [0.4, 0.5) is 5.69 Å². The molecule has 0 spiro atoms. The molecule has 0 radical (unpaired) electrons. The molecule has 92 valence electrons. The van der Waals surface area contributed by atoms with E-state index in [1.54, 1.807) is 6.08 Å². The van der Waals surface area contributed by atoms with Crippen LogP contribution in [0.3, 0.4) is 0 Å². The topological polar surface area (TPSA) is 73.3 Å². The molecular formula is C11H15N3O3. The quantitative estimate of drug-likeness (QED) is 0.784. The highest BCUT2D eigenvalue weighted by atomic mass is 16.5. The summed E-state index contributed by atoms with van der Waals surface area (Å²) >= 11 is 0.